The Hall–Kier alpha value is -1.15. The highest BCUT2D eigenvalue weighted by Gasteiger charge is 2.31. The summed E-state index contributed by atoms with van der Waals surface area (Å²) in [6.07, 6.45) is 12.4. The van der Waals surface area contributed by atoms with Gasteiger partial charge in [0.05, 0.1) is 12.7 Å². The molecule has 1 heterocycles. The van der Waals surface area contributed by atoms with Gasteiger partial charge in [-0.1, -0.05) is 24.3 Å². The smallest absolute Gasteiger partial charge is 0.123 e. The van der Waals surface area contributed by atoms with Crippen LogP contribution >= 0.6 is 0 Å². The van der Waals surface area contributed by atoms with E-state index in [4.69, 9.17) is 4.74 Å². The standard InChI is InChI=1S/C20H27FO/c1-2-3-15-4-6-16(7-5-15)18-10-13-20(22-14-18)17-8-11-19(21)12-9-17/h2-3,8-9,11-12,15-16,18,20H,4-7,10,13-14H2,1H3/b3-2+. The van der Waals surface area contributed by atoms with Gasteiger partial charge < -0.3 is 4.74 Å². The molecule has 0 aromatic heterocycles. The molecule has 3 rings (SSSR count). The Morgan fingerprint density at radius 3 is 2.23 bits per heavy atom. The maximum Gasteiger partial charge on any atom is 0.123 e. The van der Waals surface area contributed by atoms with Gasteiger partial charge in [0, 0.05) is 0 Å². The highest BCUT2D eigenvalue weighted by Crippen LogP contribution is 2.40. The van der Waals surface area contributed by atoms with Gasteiger partial charge in [0.1, 0.15) is 5.82 Å². The second kappa shape index (κ2) is 7.41. The van der Waals surface area contributed by atoms with E-state index in [1.54, 1.807) is 0 Å². The minimum atomic E-state index is -0.171. The van der Waals surface area contributed by atoms with Crippen LogP contribution in [0.5, 0.6) is 0 Å². The molecule has 1 saturated heterocycles. The summed E-state index contributed by atoms with van der Waals surface area (Å²) in [7, 11) is 0. The van der Waals surface area contributed by atoms with Gasteiger partial charge in [-0.05, 0) is 80.9 Å². The zero-order valence-corrected chi connectivity index (χ0v) is 13.5. The molecule has 1 saturated carbocycles. The number of allylic oxidation sites excluding steroid dienone is 2. The van der Waals surface area contributed by atoms with E-state index in [0.717, 1.165) is 36.3 Å². The quantitative estimate of drug-likeness (QED) is 0.653. The number of ether oxygens (including phenoxy) is 1. The molecular formula is C20H27FO. The molecule has 1 aliphatic heterocycles. The minimum Gasteiger partial charge on any atom is -0.373 e. The predicted octanol–water partition coefficient (Wildman–Crippen LogP) is 5.68. The van der Waals surface area contributed by atoms with E-state index < -0.39 is 0 Å². The van der Waals surface area contributed by atoms with Crippen LogP contribution in [-0.2, 0) is 4.74 Å². The van der Waals surface area contributed by atoms with Crippen LogP contribution in [0.25, 0.3) is 0 Å². The lowest BCUT2D eigenvalue weighted by Gasteiger charge is -2.37. The Balaban J connectivity index is 1.49. The summed E-state index contributed by atoms with van der Waals surface area (Å²) in [6, 6.07) is 6.80. The molecule has 2 unspecified atom stereocenters. The molecule has 22 heavy (non-hydrogen) atoms. The highest BCUT2D eigenvalue weighted by atomic mass is 19.1. The zero-order chi connectivity index (χ0) is 15.4. The van der Waals surface area contributed by atoms with Crippen LogP contribution in [0, 0.1) is 23.6 Å². The van der Waals surface area contributed by atoms with Crippen molar-refractivity contribution in [2.75, 3.05) is 6.61 Å². The van der Waals surface area contributed by atoms with Crippen LogP contribution in [0.3, 0.4) is 0 Å². The van der Waals surface area contributed by atoms with Crippen molar-refractivity contribution in [3.8, 4) is 0 Å². The van der Waals surface area contributed by atoms with E-state index >= 15 is 0 Å². The van der Waals surface area contributed by atoms with E-state index in [9.17, 15) is 4.39 Å². The van der Waals surface area contributed by atoms with Crippen LogP contribution in [0.2, 0.25) is 0 Å². The first-order chi connectivity index (χ1) is 10.8. The van der Waals surface area contributed by atoms with Crippen molar-refractivity contribution in [2.45, 2.75) is 51.6 Å². The summed E-state index contributed by atoms with van der Waals surface area (Å²) < 4.78 is 19.1. The van der Waals surface area contributed by atoms with Crippen molar-refractivity contribution in [3.63, 3.8) is 0 Å². The zero-order valence-electron chi connectivity index (χ0n) is 13.5. The van der Waals surface area contributed by atoms with Crippen LogP contribution < -0.4 is 0 Å². The Morgan fingerprint density at radius 2 is 1.64 bits per heavy atom. The largest absolute Gasteiger partial charge is 0.373 e. The molecule has 2 heteroatoms. The first-order valence-electron chi connectivity index (χ1n) is 8.76. The number of hydrogen-bond acceptors (Lipinski definition) is 1. The normalized spacial score (nSPS) is 33.2. The maximum atomic E-state index is 13.0. The van der Waals surface area contributed by atoms with Gasteiger partial charge in [-0.3, -0.25) is 0 Å². The SMILES string of the molecule is C/C=C/C1CCC(C2CCC(c3ccc(F)cc3)OC2)CC1. The average Bonchev–Trinajstić information content (AvgIpc) is 2.57. The van der Waals surface area contributed by atoms with Crippen LogP contribution in [-0.4, -0.2) is 6.61 Å². The van der Waals surface area contributed by atoms with Gasteiger partial charge in [0.2, 0.25) is 0 Å². The summed E-state index contributed by atoms with van der Waals surface area (Å²) in [5, 5.41) is 0. The van der Waals surface area contributed by atoms with Crippen molar-refractivity contribution in [3.05, 3.63) is 47.8 Å². The Labute approximate surface area is 133 Å². The van der Waals surface area contributed by atoms with Crippen LogP contribution in [0.1, 0.15) is 57.1 Å². The van der Waals surface area contributed by atoms with E-state index in [2.05, 4.69) is 19.1 Å². The molecular weight excluding hydrogens is 275 g/mol. The predicted molar refractivity (Wildman–Crippen MR) is 88.1 cm³/mol. The molecule has 1 aromatic carbocycles. The summed E-state index contributed by atoms with van der Waals surface area (Å²) >= 11 is 0. The Morgan fingerprint density at radius 1 is 0.955 bits per heavy atom. The van der Waals surface area contributed by atoms with E-state index in [1.165, 1.54) is 44.2 Å². The third-order valence-electron chi connectivity index (χ3n) is 5.50. The molecule has 0 radical (unpaired) electrons. The molecule has 0 N–H and O–H groups in total. The molecule has 120 valence electrons. The highest BCUT2D eigenvalue weighted by molar-refractivity contribution is 5.19. The van der Waals surface area contributed by atoms with Crippen molar-refractivity contribution in [1.82, 2.24) is 0 Å². The van der Waals surface area contributed by atoms with Gasteiger partial charge in [0.25, 0.3) is 0 Å². The Kier molecular flexibility index (Phi) is 5.30. The van der Waals surface area contributed by atoms with Gasteiger partial charge in [0.15, 0.2) is 0 Å². The molecule has 0 bridgehead atoms. The number of benzene rings is 1. The second-order valence-corrected chi connectivity index (χ2v) is 6.91. The van der Waals surface area contributed by atoms with Crippen molar-refractivity contribution >= 4 is 0 Å². The summed E-state index contributed by atoms with van der Waals surface area (Å²) in [6.45, 7) is 3.00. The van der Waals surface area contributed by atoms with Crippen LogP contribution in [0.4, 0.5) is 4.39 Å². The van der Waals surface area contributed by atoms with Gasteiger partial charge in [-0.15, -0.1) is 0 Å². The van der Waals surface area contributed by atoms with E-state index in [1.807, 2.05) is 12.1 Å². The van der Waals surface area contributed by atoms with Gasteiger partial charge >= 0.3 is 0 Å². The third kappa shape index (κ3) is 3.78. The fourth-order valence-corrected chi connectivity index (χ4v) is 4.16. The molecule has 0 amide bonds. The van der Waals surface area contributed by atoms with Crippen molar-refractivity contribution in [1.29, 1.82) is 0 Å². The molecule has 1 nitrogen and oxygen atoms in total. The summed E-state index contributed by atoms with van der Waals surface area (Å²) in [5.74, 6) is 2.20. The fourth-order valence-electron chi connectivity index (χ4n) is 4.16. The first-order valence-corrected chi connectivity index (χ1v) is 8.76. The number of rotatable bonds is 3. The lowest BCUT2D eigenvalue weighted by molar-refractivity contribution is -0.0395. The number of hydrogen-bond donors (Lipinski definition) is 0. The third-order valence-corrected chi connectivity index (χ3v) is 5.50. The van der Waals surface area contributed by atoms with Gasteiger partial charge in [-0.2, -0.15) is 0 Å². The fraction of sp³-hybridized carbons (Fsp3) is 0.600. The van der Waals surface area contributed by atoms with Crippen LogP contribution in [0.15, 0.2) is 36.4 Å². The van der Waals surface area contributed by atoms with Crippen molar-refractivity contribution in [2.24, 2.45) is 17.8 Å². The first kappa shape index (κ1) is 15.7. The molecule has 1 aliphatic carbocycles. The van der Waals surface area contributed by atoms with Crippen molar-refractivity contribution < 1.29 is 9.13 Å². The molecule has 2 atom stereocenters. The van der Waals surface area contributed by atoms with E-state index in [0.29, 0.717) is 0 Å². The average molecular weight is 302 g/mol. The molecule has 2 fully saturated rings. The summed E-state index contributed by atoms with van der Waals surface area (Å²) in [5.41, 5.74) is 1.12. The molecule has 1 aromatic rings. The molecule has 2 aliphatic rings. The number of halogens is 1. The lowest BCUT2D eigenvalue weighted by atomic mass is 9.73. The Bertz CT molecular complexity index is 477. The lowest BCUT2D eigenvalue weighted by Crippen LogP contribution is -2.29. The molecule has 0 spiro atoms. The minimum absolute atomic E-state index is 0.163. The van der Waals surface area contributed by atoms with Gasteiger partial charge in [-0.25, -0.2) is 4.39 Å². The maximum absolute atomic E-state index is 13.0. The second-order valence-electron chi connectivity index (χ2n) is 6.91. The topological polar surface area (TPSA) is 9.23 Å². The monoisotopic (exact) mass is 302 g/mol. The van der Waals surface area contributed by atoms with E-state index in [-0.39, 0.29) is 11.9 Å². The summed E-state index contributed by atoms with van der Waals surface area (Å²) in [4.78, 5) is 0.